The van der Waals surface area contributed by atoms with E-state index in [1.165, 1.54) is 5.56 Å². The van der Waals surface area contributed by atoms with Crippen LogP contribution in [0.1, 0.15) is 25.8 Å². The fourth-order valence-electron chi connectivity index (χ4n) is 2.98. The number of likely N-dealkylation sites (tertiary alicyclic amines) is 1. The van der Waals surface area contributed by atoms with Crippen LogP contribution >= 0.6 is 0 Å². The standard InChI is InChI=1S/C17H27N3O/c1-4-18-16-9-10-20(11-14(16)3)12-17(21)19-15-7-5-13(2)6-8-15/h5-8,14,16,18H,4,9-12H2,1-3H3,(H,19,21). The monoisotopic (exact) mass is 289 g/mol. The molecule has 1 aromatic rings. The van der Waals surface area contributed by atoms with Crippen LogP contribution < -0.4 is 10.6 Å². The number of nitrogens with zero attached hydrogens (tertiary/aromatic N) is 1. The van der Waals surface area contributed by atoms with Crippen molar-refractivity contribution >= 4 is 11.6 Å². The Morgan fingerprint density at radius 2 is 2.05 bits per heavy atom. The number of amides is 1. The summed E-state index contributed by atoms with van der Waals surface area (Å²) in [5, 5.41) is 6.50. The quantitative estimate of drug-likeness (QED) is 0.874. The molecular formula is C17H27N3O. The van der Waals surface area contributed by atoms with Gasteiger partial charge in [0.25, 0.3) is 0 Å². The SMILES string of the molecule is CCNC1CCN(CC(=O)Nc2ccc(C)cc2)CC1C. The Balaban J connectivity index is 1.79. The lowest BCUT2D eigenvalue weighted by atomic mass is 9.94. The number of hydrogen-bond donors (Lipinski definition) is 2. The van der Waals surface area contributed by atoms with Crippen molar-refractivity contribution in [2.45, 2.75) is 33.2 Å². The highest BCUT2D eigenvalue weighted by atomic mass is 16.2. The van der Waals surface area contributed by atoms with Crippen LogP contribution in [0.4, 0.5) is 5.69 Å². The Labute approximate surface area is 127 Å². The first-order chi connectivity index (χ1) is 10.1. The molecular weight excluding hydrogens is 262 g/mol. The van der Waals surface area contributed by atoms with Crippen molar-refractivity contribution in [1.82, 2.24) is 10.2 Å². The minimum Gasteiger partial charge on any atom is -0.325 e. The Morgan fingerprint density at radius 1 is 1.33 bits per heavy atom. The van der Waals surface area contributed by atoms with Gasteiger partial charge in [0.15, 0.2) is 0 Å². The van der Waals surface area contributed by atoms with Gasteiger partial charge in [0.1, 0.15) is 0 Å². The number of anilines is 1. The number of aryl methyl sites for hydroxylation is 1. The van der Waals surface area contributed by atoms with Crippen LogP contribution in [0.2, 0.25) is 0 Å². The van der Waals surface area contributed by atoms with Crippen molar-refractivity contribution in [3.8, 4) is 0 Å². The summed E-state index contributed by atoms with van der Waals surface area (Å²) < 4.78 is 0. The summed E-state index contributed by atoms with van der Waals surface area (Å²) in [6.45, 7) is 9.93. The van der Waals surface area contributed by atoms with Crippen molar-refractivity contribution in [1.29, 1.82) is 0 Å². The molecule has 0 spiro atoms. The molecule has 21 heavy (non-hydrogen) atoms. The summed E-state index contributed by atoms with van der Waals surface area (Å²) in [6.07, 6.45) is 1.12. The summed E-state index contributed by atoms with van der Waals surface area (Å²) in [4.78, 5) is 14.4. The molecule has 1 aliphatic heterocycles. The molecule has 1 aromatic carbocycles. The summed E-state index contributed by atoms with van der Waals surface area (Å²) in [6, 6.07) is 8.52. The number of piperidine rings is 1. The second kappa shape index (κ2) is 7.57. The van der Waals surface area contributed by atoms with E-state index in [4.69, 9.17) is 0 Å². The van der Waals surface area contributed by atoms with Gasteiger partial charge in [-0.3, -0.25) is 9.69 Å². The molecule has 1 amide bonds. The van der Waals surface area contributed by atoms with E-state index in [9.17, 15) is 4.79 Å². The molecule has 2 rings (SSSR count). The average molecular weight is 289 g/mol. The van der Waals surface area contributed by atoms with Crippen LogP contribution in [0.15, 0.2) is 24.3 Å². The van der Waals surface area contributed by atoms with Gasteiger partial charge in [-0.1, -0.05) is 31.5 Å². The van der Waals surface area contributed by atoms with Gasteiger partial charge < -0.3 is 10.6 Å². The minimum absolute atomic E-state index is 0.0768. The molecule has 0 saturated carbocycles. The van der Waals surface area contributed by atoms with Crippen LogP contribution in [-0.4, -0.2) is 43.0 Å². The topological polar surface area (TPSA) is 44.4 Å². The number of carbonyl (C=O) groups is 1. The van der Waals surface area contributed by atoms with Crippen molar-refractivity contribution in [2.24, 2.45) is 5.92 Å². The first kappa shape index (κ1) is 16.0. The highest BCUT2D eigenvalue weighted by Gasteiger charge is 2.26. The summed E-state index contributed by atoms with van der Waals surface area (Å²) in [5.41, 5.74) is 2.08. The molecule has 4 nitrogen and oxygen atoms in total. The number of benzene rings is 1. The molecule has 1 saturated heterocycles. The summed E-state index contributed by atoms with van der Waals surface area (Å²) >= 11 is 0. The molecule has 0 radical (unpaired) electrons. The highest BCUT2D eigenvalue weighted by molar-refractivity contribution is 5.92. The smallest absolute Gasteiger partial charge is 0.238 e. The van der Waals surface area contributed by atoms with E-state index >= 15 is 0 Å². The van der Waals surface area contributed by atoms with Crippen LogP contribution in [0, 0.1) is 12.8 Å². The number of nitrogens with one attached hydrogen (secondary N) is 2. The molecule has 1 aliphatic rings. The van der Waals surface area contributed by atoms with Gasteiger partial charge in [0.05, 0.1) is 6.54 Å². The van der Waals surface area contributed by atoms with E-state index in [1.54, 1.807) is 0 Å². The zero-order valence-corrected chi connectivity index (χ0v) is 13.4. The predicted molar refractivity (Wildman–Crippen MR) is 87.5 cm³/mol. The average Bonchev–Trinajstić information content (AvgIpc) is 2.44. The van der Waals surface area contributed by atoms with Crippen LogP contribution in [0.3, 0.4) is 0 Å². The maximum atomic E-state index is 12.1. The molecule has 0 aliphatic carbocycles. The lowest BCUT2D eigenvalue weighted by Gasteiger charge is -2.36. The van der Waals surface area contributed by atoms with E-state index in [0.717, 1.165) is 31.7 Å². The van der Waals surface area contributed by atoms with Gasteiger partial charge in [-0.25, -0.2) is 0 Å². The van der Waals surface area contributed by atoms with Gasteiger partial charge >= 0.3 is 0 Å². The molecule has 0 bridgehead atoms. The first-order valence-electron chi connectivity index (χ1n) is 7.90. The molecule has 116 valence electrons. The van der Waals surface area contributed by atoms with E-state index in [2.05, 4.69) is 29.4 Å². The maximum absolute atomic E-state index is 12.1. The Hall–Kier alpha value is -1.39. The highest BCUT2D eigenvalue weighted by Crippen LogP contribution is 2.16. The fraction of sp³-hybridized carbons (Fsp3) is 0.588. The van der Waals surface area contributed by atoms with Crippen molar-refractivity contribution < 1.29 is 4.79 Å². The zero-order valence-electron chi connectivity index (χ0n) is 13.4. The molecule has 2 unspecified atom stereocenters. The third-order valence-corrected chi connectivity index (χ3v) is 4.16. The molecule has 0 aromatic heterocycles. The second-order valence-corrected chi connectivity index (χ2v) is 6.08. The van der Waals surface area contributed by atoms with Crippen LogP contribution in [0.5, 0.6) is 0 Å². The van der Waals surface area contributed by atoms with Crippen LogP contribution in [-0.2, 0) is 4.79 Å². The largest absolute Gasteiger partial charge is 0.325 e. The molecule has 1 heterocycles. The van der Waals surface area contributed by atoms with Crippen molar-refractivity contribution in [3.05, 3.63) is 29.8 Å². The lowest BCUT2D eigenvalue weighted by molar-refractivity contribution is -0.117. The van der Waals surface area contributed by atoms with Gasteiger partial charge in [0, 0.05) is 24.8 Å². The van der Waals surface area contributed by atoms with E-state index in [0.29, 0.717) is 18.5 Å². The summed E-state index contributed by atoms with van der Waals surface area (Å²) in [7, 11) is 0. The first-order valence-corrected chi connectivity index (χ1v) is 7.90. The molecule has 2 N–H and O–H groups in total. The van der Waals surface area contributed by atoms with Gasteiger partial charge in [-0.05, 0) is 37.9 Å². The van der Waals surface area contributed by atoms with Gasteiger partial charge in [0.2, 0.25) is 5.91 Å². The Morgan fingerprint density at radius 3 is 2.67 bits per heavy atom. The van der Waals surface area contributed by atoms with Gasteiger partial charge in [-0.15, -0.1) is 0 Å². The number of carbonyl (C=O) groups excluding carboxylic acids is 1. The minimum atomic E-state index is 0.0768. The summed E-state index contributed by atoms with van der Waals surface area (Å²) in [5.74, 6) is 0.666. The van der Waals surface area contributed by atoms with E-state index in [-0.39, 0.29) is 5.91 Å². The third kappa shape index (κ3) is 4.83. The van der Waals surface area contributed by atoms with E-state index < -0.39 is 0 Å². The molecule has 4 heteroatoms. The fourth-order valence-corrected chi connectivity index (χ4v) is 2.98. The van der Waals surface area contributed by atoms with Gasteiger partial charge in [-0.2, -0.15) is 0 Å². The lowest BCUT2D eigenvalue weighted by Crippen LogP contribution is -2.49. The molecule has 2 atom stereocenters. The zero-order chi connectivity index (χ0) is 15.2. The number of rotatable bonds is 5. The van der Waals surface area contributed by atoms with E-state index in [1.807, 2.05) is 31.2 Å². The Bertz CT molecular complexity index is 458. The Kier molecular flexibility index (Phi) is 5.76. The third-order valence-electron chi connectivity index (χ3n) is 4.16. The number of hydrogen-bond acceptors (Lipinski definition) is 3. The van der Waals surface area contributed by atoms with Crippen LogP contribution in [0.25, 0.3) is 0 Å². The second-order valence-electron chi connectivity index (χ2n) is 6.08. The normalized spacial score (nSPS) is 23.0. The maximum Gasteiger partial charge on any atom is 0.238 e. The predicted octanol–water partition coefficient (Wildman–Crippen LogP) is 2.25. The van der Waals surface area contributed by atoms with Crippen molar-refractivity contribution in [3.63, 3.8) is 0 Å². The molecule has 1 fully saturated rings. The van der Waals surface area contributed by atoms with Crippen molar-refractivity contribution in [2.75, 3.05) is 31.5 Å².